The first-order chi connectivity index (χ1) is 5.24. The van der Waals surface area contributed by atoms with Gasteiger partial charge in [0.2, 0.25) is 0 Å². The summed E-state index contributed by atoms with van der Waals surface area (Å²) in [6.45, 7) is 0.192. The lowest BCUT2D eigenvalue weighted by Crippen LogP contribution is -2.15. The minimum Gasteiger partial charge on any atom is -0.364 e. The molecule has 0 bridgehead atoms. The maximum Gasteiger partial charge on any atom is 0.323 e. The van der Waals surface area contributed by atoms with Gasteiger partial charge in [0.15, 0.2) is 5.69 Å². The molecule has 1 aromatic rings. The van der Waals surface area contributed by atoms with Crippen molar-refractivity contribution in [1.82, 2.24) is 9.94 Å². The SMILES string of the molecule is NC(=O)c1ccn(OC=O)n1. The third kappa shape index (κ3) is 1.54. The smallest absolute Gasteiger partial charge is 0.323 e. The van der Waals surface area contributed by atoms with E-state index in [4.69, 9.17) is 5.73 Å². The summed E-state index contributed by atoms with van der Waals surface area (Å²) in [6, 6.07) is 1.34. The predicted octanol–water partition coefficient (Wildman–Crippen LogP) is -1.43. The third-order valence-corrected chi connectivity index (χ3v) is 0.970. The lowest BCUT2D eigenvalue weighted by molar-refractivity contribution is -0.130. The van der Waals surface area contributed by atoms with Crippen LogP contribution in [0.3, 0.4) is 0 Å². The van der Waals surface area contributed by atoms with Gasteiger partial charge in [-0.05, 0) is 6.07 Å². The monoisotopic (exact) mass is 155 g/mol. The zero-order chi connectivity index (χ0) is 8.27. The van der Waals surface area contributed by atoms with Crippen LogP contribution >= 0.6 is 0 Å². The number of carbonyl (C=O) groups is 2. The molecule has 1 aromatic heterocycles. The first kappa shape index (κ1) is 7.26. The zero-order valence-corrected chi connectivity index (χ0v) is 5.43. The molecule has 58 valence electrons. The van der Waals surface area contributed by atoms with E-state index in [9.17, 15) is 9.59 Å². The first-order valence-corrected chi connectivity index (χ1v) is 2.70. The van der Waals surface area contributed by atoms with Crippen LogP contribution in [0.5, 0.6) is 0 Å². The van der Waals surface area contributed by atoms with Gasteiger partial charge in [-0.15, -0.1) is 5.10 Å². The maximum absolute atomic E-state index is 10.4. The molecule has 0 spiro atoms. The fourth-order valence-electron chi connectivity index (χ4n) is 0.541. The van der Waals surface area contributed by atoms with Gasteiger partial charge in [-0.3, -0.25) is 9.59 Å². The largest absolute Gasteiger partial charge is 0.364 e. The van der Waals surface area contributed by atoms with Crippen LogP contribution in [0.4, 0.5) is 0 Å². The first-order valence-electron chi connectivity index (χ1n) is 2.70. The molecule has 11 heavy (non-hydrogen) atoms. The van der Waals surface area contributed by atoms with Gasteiger partial charge in [-0.1, -0.05) is 4.85 Å². The number of hydrogen-bond acceptors (Lipinski definition) is 4. The number of rotatable bonds is 3. The van der Waals surface area contributed by atoms with E-state index in [0.717, 1.165) is 4.85 Å². The number of amides is 1. The van der Waals surface area contributed by atoms with Crippen molar-refractivity contribution in [2.75, 3.05) is 0 Å². The van der Waals surface area contributed by atoms with E-state index in [1.165, 1.54) is 12.3 Å². The molecule has 1 amide bonds. The number of primary amides is 1. The van der Waals surface area contributed by atoms with E-state index in [-0.39, 0.29) is 12.2 Å². The van der Waals surface area contributed by atoms with Crippen LogP contribution in [0.2, 0.25) is 0 Å². The Hall–Kier alpha value is -1.85. The Morgan fingerprint density at radius 1 is 1.82 bits per heavy atom. The second kappa shape index (κ2) is 2.82. The lowest BCUT2D eigenvalue weighted by atomic mass is 10.4. The highest BCUT2D eigenvalue weighted by Crippen LogP contribution is 1.90. The summed E-state index contributed by atoms with van der Waals surface area (Å²) in [5.74, 6) is -0.668. The second-order valence-electron chi connectivity index (χ2n) is 1.67. The summed E-state index contributed by atoms with van der Waals surface area (Å²) in [6.07, 6.45) is 1.30. The quantitative estimate of drug-likeness (QED) is 0.542. The molecular weight excluding hydrogens is 150 g/mol. The summed E-state index contributed by atoms with van der Waals surface area (Å²) in [5, 5.41) is 3.49. The molecule has 6 nitrogen and oxygen atoms in total. The van der Waals surface area contributed by atoms with Crippen molar-refractivity contribution in [3.63, 3.8) is 0 Å². The molecule has 0 unspecified atom stereocenters. The minimum atomic E-state index is -0.668. The number of aromatic nitrogens is 2. The molecule has 0 radical (unpaired) electrons. The van der Waals surface area contributed by atoms with Crippen LogP contribution in [-0.2, 0) is 4.79 Å². The van der Waals surface area contributed by atoms with Gasteiger partial charge >= 0.3 is 6.47 Å². The third-order valence-electron chi connectivity index (χ3n) is 0.970. The molecule has 0 aliphatic carbocycles. The van der Waals surface area contributed by atoms with E-state index in [2.05, 4.69) is 9.94 Å². The summed E-state index contributed by atoms with van der Waals surface area (Å²) >= 11 is 0. The van der Waals surface area contributed by atoms with Crippen molar-refractivity contribution in [3.05, 3.63) is 18.0 Å². The Morgan fingerprint density at radius 3 is 3.00 bits per heavy atom. The van der Waals surface area contributed by atoms with Gasteiger partial charge in [0.1, 0.15) is 0 Å². The van der Waals surface area contributed by atoms with Gasteiger partial charge < -0.3 is 10.6 Å². The van der Waals surface area contributed by atoms with Gasteiger partial charge in [-0.2, -0.15) is 0 Å². The van der Waals surface area contributed by atoms with E-state index in [1.807, 2.05) is 0 Å². The molecular formula is C5H5N3O3. The van der Waals surface area contributed by atoms with E-state index >= 15 is 0 Å². The molecule has 1 heterocycles. The molecule has 0 aromatic carbocycles. The molecule has 2 N–H and O–H groups in total. The fourth-order valence-corrected chi connectivity index (χ4v) is 0.541. The summed E-state index contributed by atoms with van der Waals surface area (Å²) in [7, 11) is 0. The van der Waals surface area contributed by atoms with Gasteiger partial charge in [0.25, 0.3) is 5.91 Å². The van der Waals surface area contributed by atoms with Crippen LogP contribution in [0.1, 0.15) is 10.5 Å². The van der Waals surface area contributed by atoms with Crippen LogP contribution in [0.25, 0.3) is 0 Å². The number of hydrogen-bond donors (Lipinski definition) is 1. The van der Waals surface area contributed by atoms with Crippen LogP contribution < -0.4 is 10.6 Å². The van der Waals surface area contributed by atoms with E-state index in [1.54, 1.807) is 0 Å². The molecule has 1 rings (SSSR count). The maximum atomic E-state index is 10.4. The fraction of sp³-hybridized carbons (Fsp3) is 0. The van der Waals surface area contributed by atoms with Crippen molar-refractivity contribution in [3.8, 4) is 0 Å². The second-order valence-corrected chi connectivity index (χ2v) is 1.67. The lowest BCUT2D eigenvalue weighted by Gasteiger charge is -1.91. The standard InChI is InChI=1S/C5H5N3O3/c6-5(10)4-1-2-8(7-4)11-3-9/h1-3H,(H2,6,10). The van der Waals surface area contributed by atoms with Crippen LogP contribution in [0.15, 0.2) is 12.3 Å². The Balaban J connectivity index is 2.81. The normalized spacial score (nSPS) is 9.09. The Morgan fingerprint density at radius 2 is 2.55 bits per heavy atom. The highest BCUT2D eigenvalue weighted by molar-refractivity contribution is 5.90. The number of nitrogens with zero attached hydrogens (tertiary/aromatic N) is 2. The van der Waals surface area contributed by atoms with E-state index < -0.39 is 5.91 Å². The van der Waals surface area contributed by atoms with E-state index in [0.29, 0.717) is 0 Å². The van der Waals surface area contributed by atoms with Gasteiger partial charge in [0.05, 0.1) is 6.20 Å². The molecule has 0 saturated heterocycles. The van der Waals surface area contributed by atoms with Gasteiger partial charge in [-0.25, -0.2) is 0 Å². The Kier molecular flexibility index (Phi) is 1.86. The predicted molar refractivity (Wildman–Crippen MR) is 33.4 cm³/mol. The van der Waals surface area contributed by atoms with Crippen molar-refractivity contribution in [2.45, 2.75) is 0 Å². The highest BCUT2D eigenvalue weighted by Gasteiger charge is 2.03. The summed E-state index contributed by atoms with van der Waals surface area (Å²) in [4.78, 5) is 25.3. The minimum absolute atomic E-state index is 0.0480. The molecule has 0 fully saturated rings. The van der Waals surface area contributed by atoms with Crippen molar-refractivity contribution >= 4 is 12.4 Å². The van der Waals surface area contributed by atoms with Crippen LogP contribution in [-0.4, -0.2) is 22.3 Å². The van der Waals surface area contributed by atoms with Crippen LogP contribution in [0, 0.1) is 0 Å². The number of carbonyl (C=O) groups excluding carboxylic acids is 2. The van der Waals surface area contributed by atoms with Gasteiger partial charge in [0, 0.05) is 0 Å². The Labute approximate surface area is 61.5 Å². The average Bonchev–Trinajstić information content (AvgIpc) is 2.37. The summed E-state index contributed by atoms with van der Waals surface area (Å²) in [5.41, 5.74) is 4.91. The average molecular weight is 155 g/mol. The number of nitrogens with two attached hydrogens (primary N) is 1. The highest BCUT2D eigenvalue weighted by atomic mass is 16.7. The topological polar surface area (TPSA) is 87.2 Å². The van der Waals surface area contributed by atoms with Crippen molar-refractivity contribution in [2.24, 2.45) is 5.73 Å². The van der Waals surface area contributed by atoms with Crippen molar-refractivity contribution < 1.29 is 14.4 Å². The zero-order valence-electron chi connectivity index (χ0n) is 5.43. The molecule has 0 atom stereocenters. The molecule has 0 aliphatic heterocycles. The Bertz CT molecular complexity index is 280. The molecule has 6 heteroatoms. The molecule has 0 aliphatic rings. The van der Waals surface area contributed by atoms with Crippen molar-refractivity contribution in [1.29, 1.82) is 0 Å². The summed E-state index contributed by atoms with van der Waals surface area (Å²) < 4.78 is 0. The molecule has 0 saturated carbocycles.